The molecular weight excluding hydrogens is 358 g/mol. The lowest BCUT2D eigenvalue weighted by molar-refractivity contribution is 0.190. The molecule has 1 aliphatic carbocycles. The molecule has 2 heterocycles. The number of aromatic nitrogens is 2. The first-order chi connectivity index (χ1) is 13.3. The third-order valence-corrected chi connectivity index (χ3v) is 6.38. The third-order valence-electron chi connectivity index (χ3n) is 5.22. The third kappa shape index (κ3) is 3.98. The molecule has 5 nitrogen and oxygen atoms in total. The van der Waals surface area contributed by atoms with Crippen LogP contribution < -0.4 is 10.9 Å². The lowest BCUT2D eigenvalue weighted by Crippen LogP contribution is -2.33. The summed E-state index contributed by atoms with van der Waals surface area (Å²) in [6.45, 7) is 2.19. The molecule has 0 fully saturated rings. The van der Waals surface area contributed by atoms with Crippen LogP contribution in [0.2, 0.25) is 0 Å². The Morgan fingerprint density at radius 1 is 1.33 bits per heavy atom. The summed E-state index contributed by atoms with van der Waals surface area (Å²) >= 11 is 1.69. The van der Waals surface area contributed by atoms with Gasteiger partial charge in [-0.3, -0.25) is 9.36 Å². The van der Waals surface area contributed by atoms with Gasteiger partial charge in [-0.05, 0) is 36.8 Å². The Bertz CT molecular complexity index is 965. The van der Waals surface area contributed by atoms with Crippen LogP contribution in [0.3, 0.4) is 0 Å². The second-order valence-electron chi connectivity index (χ2n) is 7.08. The minimum Gasteiger partial charge on any atom is -0.385 e. The molecule has 142 valence electrons. The molecule has 0 bridgehead atoms. The second-order valence-corrected chi connectivity index (χ2v) is 8.16. The van der Waals surface area contributed by atoms with E-state index in [1.807, 2.05) is 6.07 Å². The summed E-state index contributed by atoms with van der Waals surface area (Å²) < 4.78 is 6.82. The molecule has 0 saturated carbocycles. The van der Waals surface area contributed by atoms with Crippen molar-refractivity contribution >= 4 is 21.6 Å². The fourth-order valence-corrected chi connectivity index (χ4v) is 5.03. The number of aryl methyl sites for hydroxylation is 2. The average molecular weight is 384 g/mol. The molecule has 1 N–H and O–H groups in total. The highest BCUT2D eigenvalue weighted by atomic mass is 32.1. The van der Waals surface area contributed by atoms with E-state index in [1.54, 1.807) is 29.3 Å². The molecule has 1 atom stereocenters. The van der Waals surface area contributed by atoms with Crippen LogP contribution in [-0.2, 0) is 30.7 Å². The normalized spacial score (nSPS) is 16.6. The Morgan fingerprint density at radius 2 is 2.19 bits per heavy atom. The molecule has 2 aromatic heterocycles. The number of rotatable bonds is 7. The molecule has 27 heavy (non-hydrogen) atoms. The molecule has 1 unspecified atom stereocenters. The van der Waals surface area contributed by atoms with Crippen LogP contribution in [0.1, 0.15) is 28.8 Å². The molecular formula is C21H25N3O2S. The number of hydrogen-bond acceptors (Lipinski definition) is 5. The SMILES string of the molecule is COCCCn1cnc2sc3c(c2c1=O)CCC(NCc1ccccc1)C3. The van der Waals surface area contributed by atoms with E-state index in [0.29, 0.717) is 19.2 Å². The van der Waals surface area contributed by atoms with Crippen molar-refractivity contribution in [2.75, 3.05) is 13.7 Å². The van der Waals surface area contributed by atoms with Gasteiger partial charge in [-0.15, -0.1) is 11.3 Å². The molecule has 0 radical (unpaired) electrons. The number of nitrogens with zero attached hydrogens (tertiary/aromatic N) is 2. The molecule has 1 aromatic carbocycles. The number of methoxy groups -OCH3 is 1. The van der Waals surface area contributed by atoms with Gasteiger partial charge in [0.25, 0.3) is 5.56 Å². The second kappa shape index (κ2) is 8.33. The summed E-state index contributed by atoms with van der Waals surface area (Å²) in [5.74, 6) is 0. The number of ether oxygens (including phenoxy) is 1. The van der Waals surface area contributed by atoms with E-state index in [9.17, 15) is 4.79 Å². The molecule has 3 aromatic rings. The zero-order chi connectivity index (χ0) is 18.6. The monoisotopic (exact) mass is 383 g/mol. The fraction of sp³-hybridized carbons (Fsp3) is 0.429. The Morgan fingerprint density at radius 3 is 3.00 bits per heavy atom. The highest BCUT2D eigenvalue weighted by Gasteiger charge is 2.25. The number of benzene rings is 1. The van der Waals surface area contributed by atoms with E-state index < -0.39 is 0 Å². The van der Waals surface area contributed by atoms with Crippen molar-refractivity contribution in [3.05, 3.63) is 63.0 Å². The van der Waals surface area contributed by atoms with Gasteiger partial charge in [0.1, 0.15) is 4.83 Å². The van der Waals surface area contributed by atoms with Gasteiger partial charge in [-0.2, -0.15) is 0 Å². The van der Waals surface area contributed by atoms with Gasteiger partial charge >= 0.3 is 0 Å². The summed E-state index contributed by atoms with van der Waals surface area (Å²) in [6.07, 6.45) is 5.49. The maximum absolute atomic E-state index is 12.9. The van der Waals surface area contributed by atoms with E-state index >= 15 is 0 Å². The Hall–Kier alpha value is -2.02. The predicted molar refractivity (Wildman–Crippen MR) is 109 cm³/mol. The van der Waals surface area contributed by atoms with Crippen LogP contribution in [0.4, 0.5) is 0 Å². The molecule has 4 rings (SSSR count). The van der Waals surface area contributed by atoms with Crippen molar-refractivity contribution < 1.29 is 4.74 Å². The van der Waals surface area contributed by atoms with E-state index in [4.69, 9.17) is 4.74 Å². The van der Waals surface area contributed by atoms with Gasteiger partial charge in [0.05, 0.1) is 11.7 Å². The van der Waals surface area contributed by atoms with Gasteiger partial charge in [0.15, 0.2) is 0 Å². The van der Waals surface area contributed by atoms with Crippen LogP contribution in [-0.4, -0.2) is 29.3 Å². The van der Waals surface area contributed by atoms with Crippen LogP contribution in [0, 0.1) is 0 Å². The highest BCUT2D eigenvalue weighted by Crippen LogP contribution is 2.33. The smallest absolute Gasteiger partial charge is 0.262 e. The van der Waals surface area contributed by atoms with E-state index in [0.717, 1.165) is 42.4 Å². The van der Waals surface area contributed by atoms with Crippen molar-refractivity contribution in [2.24, 2.45) is 0 Å². The fourth-order valence-electron chi connectivity index (χ4n) is 3.77. The summed E-state index contributed by atoms with van der Waals surface area (Å²) in [5, 5.41) is 4.52. The molecule has 1 aliphatic rings. The van der Waals surface area contributed by atoms with Crippen molar-refractivity contribution in [3.8, 4) is 0 Å². The zero-order valence-electron chi connectivity index (χ0n) is 15.6. The first kappa shape index (κ1) is 18.3. The van der Waals surface area contributed by atoms with Crippen molar-refractivity contribution in [1.29, 1.82) is 0 Å². The van der Waals surface area contributed by atoms with Crippen LogP contribution in [0.15, 0.2) is 41.5 Å². The minimum atomic E-state index is 0.101. The van der Waals surface area contributed by atoms with Gasteiger partial charge in [0, 0.05) is 37.7 Å². The van der Waals surface area contributed by atoms with Crippen LogP contribution in [0.5, 0.6) is 0 Å². The first-order valence-electron chi connectivity index (χ1n) is 9.52. The van der Waals surface area contributed by atoms with Gasteiger partial charge in [-0.25, -0.2) is 4.98 Å². The summed E-state index contributed by atoms with van der Waals surface area (Å²) in [5.41, 5.74) is 2.64. The zero-order valence-corrected chi connectivity index (χ0v) is 16.4. The van der Waals surface area contributed by atoms with Crippen molar-refractivity contribution in [2.45, 2.75) is 44.8 Å². The van der Waals surface area contributed by atoms with Gasteiger partial charge < -0.3 is 10.1 Å². The van der Waals surface area contributed by atoms with E-state index in [1.165, 1.54) is 16.0 Å². The summed E-state index contributed by atoms with van der Waals surface area (Å²) in [6, 6.07) is 10.9. The Labute approximate surface area is 163 Å². The number of hydrogen-bond donors (Lipinski definition) is 1. The Kier molecular flexibility index (Phi) is 5.66. The van der Waals surface area contributed by atoms with E-state index in [-0.39, 0.29) is 5.56 Å². The summed E-state index contributed by atoms with van der Waals surface area (Å²) in [7, 11) is 1.68. The maximum Gasteiger partial charge on any atom is 0.262 e. The Balaban J connectivity index is 1.51. The molecule has 0 aliphatic heterocycles. The molecule has 6 heteroatoms. The molecule has 0 saturated heterocycles. The average Bonchev–Trinajstić information content (AvgIpc) is 3.07. The lowest BCUT2D eigenvalue weighted by atomic mass is 9.93. The van der Waals surface area contributed by atoms with E-state index in [2.05, 4.69) is 34.6 Å². The largest absolute Gasteiger partial charge is 0.385 e. The van der Waals surface area contributed by atoms with Gasteiger partial charge in [0.2, 0.25) is 0 Å². The standard InChI is InChI=1S/C21H25N3O2S/c1-26-11-5-10-24-14-23-20-19(21(24)25)17-9-8-16(12-18(17)27-20)22-13-15-6-3-2-4-7-15/h2-4,6-7,14,16,22H,5,8-13H2,1H3. The maximum atomic E-state index is 12.9. The summed E-state index contributed by atoms with van der Waals surface area (Å²) in [4.78, 5) is 19.7. The molecule has 0 spiro atoms. The van der Waals surface area contributed by atoms with Crippen molar-refractivity contribution in [1.82, 2.24) is 14.9 Å². The number of thiophene rings is 1. The molecule has 0 amide bonds. The number of fused-ring (bicyclic) bond motifs is 3. The lowest BCUT2D eigenvalue weighted by Gasteiger charge is -2.23. The minimum absolute atomic E-state index is 0.101. The van der Waals surface area contributed by atoms with Gasteiger partial charge in [-0.1, -0.05) is 30.3 Å². The van der Waals surface area contributed by atoms with Crippen LogP contribution in [0.25, 0.3) is 10.2 Å². The van der Waals surface area contributed by atoms with Crippen molar-refractivity contribution in [3.63, 3.8) is 0 Å². The number of nitrogens with one attached hydrogen (secondary N) is 1. The highest BCUT2D eigenvalue weighted by molar-refractivity contribution is 7.18. The topological polar surface area (TPSA) is 56.2 Å². The first-order valence-corrected chi connectivity index (χ1v) is 10.3. The quantitative estimate of drug-likeness (QED) is 0.637. The van der Waals surface area contributed by atoms with Crippen LogP contribution >= 0.6 is 11.3 Å². The predicted octanol–water partition coefficient (Wildman–Crippen LogP) is 3.14.